The number of ether oxygens (including phenoxy) is 1. The molecule has 7 heteroatoms. The van der Waals surface area contributed by atoms with Crippen molar-refractivity contribution >= 4 is 27.1 Å². The van der Waals surface area contributed by atoms with Crippen LogP contribution >= 0.6 is 11.3 Å². The summed E-state index contributed by atoms with van der Waals surface area (Å²) >= 11 is 1.62. The zero-order chi connectivity index (χ0) is 15.6. The molecule has 2 unspecified atom stereocenters. The van der Waals surface area contributed by atoms with E-state index in [9.17, 15) is 13.2 Å². The Balaban J connectivity index is 1.70. The van der Waals surface area contributed by atoms with Gasteiger partial charge in [-0.15, -0.1) is 11.3 Å². The van der Waals surface area contributed by atoms with Crippen LogP contribution in [0.15, 0.2) is 17.5 Å². The number of amides is 1. The maximum Gasteiger partial charge on any atom is 0.227 e. The third-order valence-electron chi connectivity index (χ3n) is 4.27. The molecule has 2 aliphatic rings. The molecule has 2 fully saturated rings. The molecule has 0 bridgehead atoms. The average molecular weight is 343 g/mol. The van der Waals surface area contributed by atoms with Gasteiger partial charge in [-0.05, 0) is 30.7 Å². The smallest absolute Gasteiger partial charge is 0.227 e. The van der Waals surface area contributed by atoms with E-state index in [0.29, 0.717) is 19.5 Å². The van der Waals surface area contributed by atoms with Gasteiger partial charge in [-0.2, -0.15) is 0 Å². The minimum absolute atomic E-state index is 0.00169. The fraction of sp³-hybridized carbons (Fsp3) is 0.667. The fourth-order valence-electron chi connectivity index (χ4n) is 3.11. The van der Waals surface area contributed by atoms with Gasteiger partial charge in [0, 0.05) is 18.0 Å². The Morgan fingerprint density at radius 1 is 1.41 bits per heavy atom. The lowest BCUT2D eigenvalue weighted by Crippen LogP contribution is -2.40. The second-order valence-electron chi connectivity index (χ2n) is 6.03. The summed E-state index contributed by atoms with van der Waals surface area (Å²) in [5.41, 5.74) is 0. The van der Waals surface area contributed by atoms with Crippen molar-refractivity contribution in [3.05, 3.63) is 22.4 Å². The van der Waals surface area contributed by atoms with Crippen LogP contribution in [0.2, 0.25) is 0 Å². The fourth-order valence-corrected chi connectivity index (χ4v) is 5.56. The van der Waals surface area contributed by atoms with Crippen molar-refractivity contribution in [2.75, 3.05) is 24.7 Å². The normalized spacial score (nSPS) is 27.1. The second kappa shape index (κ2) is 6.68. The van der Waals surface area contributed by atoms with Crippen LogP contribution < -0.4 is 0 Å². The molecule has 0 spiro atoms. The Labute approximate surface area is 135 Å². The van der Waals surface area contributed by atoms with E-state index in [-0.39, 0.29) is 29.4 Å². The topological polar surface area (TPSA) is 63.7 Å². The van der Waals surface area contributed by atoms with E-state index in [4.69, 9.17) is 4.74 Å². The Kier molecular flexibility index (Phi) is 4.84. The molecule has 0 saturated carbocycles. The van der Waals surface area contributed by atoms with Crippen molar-refractivity contribution < 1.29 is 17.9 Å². The second-order valence-corrected chi connectivity index (χ2v) is 9.29. The molecule has 22 heavy (non-hydrogen) atoms. The number of hydrogen-bond donors (Lipinski definition) is 0. The van der Waals surface area contributed by atoms with Crippen LogP contribution in [0.4, 0.5) is 0 Å². The summed E-state index contributed by atoms with van der Waals surface area (Å²) in [4.78, 5) is 15.7. The zero-order valence-corrected chi connectivity index (χ0v) is 14.1. The zero-order valence-electron chi connectivity index (χ0n) is 12.4. The standard InChI is InChI=1S/C15H21NO4S2/c17-15(12-5-8-22(18,19)11-12)16(9-13-3-1-6-20-13)10-14-4-2-7-21-14/h2,4,7,12-13H,1,3,5-6,8-11H2. The molecule has 3 rings (SSSR count). The van der Waals surface area contributed by atoms with E-state index in [1.54, 1.807) is 16.2 Å². The van der Waals surface area contributed by atoms with Gasteiger partial charge in [0.15, 0.2) is 9.84 Å². The van der Waals surface area contributed by atoms with Crippen LogP contribution in [0.25, 0.3) is 0 Å². The predicted molar refractivity (Wildman–Crippen MR) is 85.5 cm³/mol. The van der Waals surface area contributed by atoms with Gasteiger partial charge in [-0.1, -0.05) is 6.07 Å². The third-order valence-corrected chi connectivity index (χ3v) is 6.90. The summed E-state index contributed by atoms with van der Waals surface area (Å²) in [6.07, 6.45) is 2.54. The highest BCUT2D eigenvalue weighted by atomic mass is 32.2. The first-order valence-electron chi connectivity index (χ1n) is 7.67. The molecule has 0 aliphatic carbocycles. The number of thiophene rings is 1. The Morgan fingerprint density at radius 3 is 2.86 bits per heavy atom. The monoisotopic (exact) mass is 343 g/mol. The molecule has 0 aromatic carbocycles. The van der Waals surface area contributed by atoms with E-state index in [0.717, 1.165) is 24.3 Å². The summed E-state index contributed by atoms with van der Waals surface area (Å²) in [5.74, 6) is -0.287. The Bertz CT molecular complexity index is 605. The molecular weight excluding hydrogens is 322 g/mol. The van der Waals surface area contributed by atoms with E-state index in [1.165, 1.54) is 0 Å². The molecule has 2 aliphatic heterocycles. The number of rotatable bonds is 5. The van der Waals surface area contributed by atoms with Crippen LogP contribution in [-0.2, 0) is 25.9 Å². The van der Waals surface area contributed by atoms with E-state index < -0.39 is 9.84 Å². The molecule has 5 nitrogen and oxygen atoms in total. The van der Waals surface area contributed by atoms with E-state index in [2.05, 4.69) is 0 Å². The Morgan fingerprint density at radius 2 is 2.27 bits per heavy atom. The largest absolute Gasteiger partial charge is 0.376 e. The van der Waals surface area contributed by atoms with Gasteiger partial charge in [0.1, 0.15) is 0 Å². The molecule has 2 saturated heterocycles. The highest BCUT2D eigenvalue weighted by Gasteiger charge is 2.36. The van der Waals surface area contributed by atoms with Crippen LogP contribution in [0.1, 0.15) is 24.1 Å². The third kappa shape index (κ3) is 3.88. The quantitative estimate of drug-likeness (QED) is 0.816. The van der Waals surface area contributed by atoms with E-state index >= 15 is 0 Å². The van der Waals surface area contributed by atoms with Gasteiger partial charge in [0.2, 0.25) is 5.91 Å². The minimum atomic E-state index is -3.04. The van der Waals surface area contributed by atoms with Gasteiger partial charge in [0.05, 0.1) is 30.1 Å². The first-order chi connectivity index (χ1) is 10.5. The molecular formula is C15H21NO4S2. The maximum absolute atomic E-state index is 12.8. The van der Waals surface area contributed by atoms with Gasteiger partial charge in [0.25, 0.3) is 0 Å². The van der Waals surface area contributed by atoms with Gasteiger partial charge in [-0.3, -0.25) is 4.79 Å². The predicted octanol–water partition coefficient (Wildman–Crippen LogP) is 1.69. The first kappa shape index (κ1) is 16.0. The maximum atomic E-state index is 12.8. The molecule has 1 amide bonds. The molecule has 122 valence electrons. The molecule has 0 radical (unpaired) electrons. The van der Waals surface area contributed by atoms with Crippen molar-refractivity contribution in [2.45, 2.75) is 31.9 Å². The highest BCUT2D eigenvalue weighted by Crippen LogP contribution is 2.24. The van der Waals surface area contributed by atoms with Crippen molar-refractivity contribution in [2.24, 2.45) is 5.92 Å². The average Bonchev–Trinajstić information content (AvgIpc) is 3.19. The Hall–Kier alpha value is -0.920. The number of carbonyl (C=O) groups is 1. The number of nitrogens with zero attached hydrogens (tertiary/aromatic N) is 1. The van der Waals surface area contributed by atoms with Crippen LogP contribution in [0, 0.1) is 5.92 Å². The molecule has 2 atom stereocenters. The lowest BCUT2D eigenvalue weighted by molar-refractivity contribution is -0.137. The molecule has 1 aromatic heterocycles. The van der Waals surface area contributed by atoms with Crippen LogP contribution in [0.3, 0.4) is 0 Å². The highest BCUT2D eigenvalue weighted by molar-refractivity contribution is 7.91. The molecule has 1 aromatic rings. The number of sulfone groups is 1. The number of hydrogen-bond acceptors (Lipinski definition) is 5. The van der Waals surface area contributed by atoms with Gasteiger partial charge < -0.3 is 9.64 Å². The number of carbonyl (C=O) groups excluding carboxylic acids is 1. The van der Waals surface area contributed by atoms with Crippen LogP contribution in [-0.4, -0.2) is 50.0 Å². The van der Waals surface area contributed by atoms with Gasteiger partial charge >= 0.3 is 0 Å². The van der Waals surface area contributed by atoms with Crippen molar-refractivity contribution in [1.29, 1.82) is 0 Å². The summed E-state index contributed by atoms with van der Waals surface area (Å²) in [6.45, 7) is 1.86. The lowest BCUT2D eigenvalue weighted by Gasteiger charge is -2.27. The molecule has 0 N–H and O–H groups in total. The lowest BCUT2D eigenvalue weighted by atomic mass is 10.1. The van der Waals surface area contributed by atoms with Gasteiger partial charge in [-0.25, -0.2) is 8.42 Å². The SMILES string of the molecule is O=C(C1CCS(=O)(=O)C1)N(Cc1cccs1)CC1CCCO1. The molecule has 3 heterocycles. The summed E-state index contributed by atoms with van der Waals surface area (Å²) < 4.78 is 28.9. The summed E-state index contributed by atoms with van der Waals surface area (Å²) in [5, 5.41) is 1.99. The summed E-state index contributed by atoms with van der Waals surface area (Å²) in [6, 6.07) is 3.97. The van der Waals surface area contributed by atoms with Crippen molar-refractivity contribution in [3.8, 4) is 0 Å². The first-order valence-corrected chi connectivity index (χ1v) is 10.4. The summed E-state index contributed by atoms with van der Waals surface area (Å²) in [7, 11) is -3.04. The van der Waals surface area contributed by atoms with Crippen LogP contribution in [0.5, 0.6) is 0 Å². The van der Waals surface area contributed by atoms with Crippen molar-refractivity contribution in [1.82, 2.24) is 4.90 Å². The van der Waals surface area contributed by atoms with Crippen molar-refractivity contribution in [3.63, 3.8) is 0 Å². The minimum Gasteiger partial charge on any atom is -0.376 e. The van der Waals surface area contributed by atoms with E-state index in [1.807, 2.05) is 17.5 Å².